The number of hydrogen-bond donors (Lipinski definition) is 1. The minimum Gasteiger partial charge on any atom is -0.338 e. The summed E-state index contributed by atoms with van der Waals surface area (Å²) in [6.07, 6.45) is 8.97. The highest BCUT2D eigenvalue weighted by atomic mass is 15.0. The van der Waals surface area contributed by atoms with E-state index in [1.54, 1.807) is 24.9 Å². The minimum atomic E-state index is 0.843. The van der Waals surface area contributed by atoms with Crippen LogP contribution in [-0.2, 0) is 0 Å². The fourth-order valence-corrected chi connectivity index (χ4v) is 2.27. The first-order valence-corrected chi connectivity index (χ1v) is 6.29. The molecule has 1 aromatic carbocycles. The van der Waals surface area contributed by atoms with E-state index in [4.69, 9.17) is 4.98 Å². The maximum Gasteiger partial charge on any atom is 0.138 e. The number of nitrogens with zero attached hydrogens (tertiary/aromatic N) is 4. The van der Waals surface area contributed by atoms with E-state index < -0.39 is 0 Å². The van der Waals surface area contributed by atoms with Crippen LogP contribution in [-0.4, -0.2) is 24.5 Å². The summed E-state index contributed by atoms with van der Waals surface area (Å²) in [5.41, 5.74) is 3.96. The van der Waals surface area contributed by atoms with Crippen molar-refractivity contribution in [2.45, 2.75) is 0 Å². The van der Waals surface area contributed by atoms with Crippen molar-refractivity contribution in [1.82, 2.24) is 24.5 Å². The largest absolute Gasteiger partial charge is 0.338 e. The van der Waals surface area contributed by atoms with Crippen molar-refractivity contribution >= 4 is 11.0 Å². The molecule has 5 nitrogen and oxygen atoms in total. The van der Waals surface area contributed by atoms with Gasteiger partial charge in [0.05, 0.1) is 17.5 Å². The van der Waals surface area contributed by atoms with Gasteiger partial charge in [-0.1, -0.05) is 6.07 Å². The van der Waals surface area contributed by atoms with Gasteiger partial charge in [-0.25, -0.2) is 9.97 Å². The Morgan fingerprint density at radius 2 is 1.85 bits per heavy atom. The number of fused-ring (bicyclic) bond motifs is 1. The normalized spacial score (nSPS) is 11.0. The number of rotatable bonds is 2. The quantitative estimate of drug-likeness (QED) is 0.603. The maximum atomic E-state index is 4.71. The van der Waals surface area contributed by atoms with Crippen LogP contribution in [0.4, 0.5) is 0 Å². The number of hydrogen-bond acceptors (Lipinski definition) is 3. The summed E-state index contributed by atoms with van der Waals surface area (Å²) < 4.78 is 1.96. The number of aromatic amines is 1. The molecule has 0 spiro atoms. The third-order valence-electron chi connectivity index (χ3n) is 3.23. The van der Waals surface area contributed by atoms with E-state index in [0.29, 0.717) is 0 Å². The van der Waals surface area contributed by atoms with Crippen LogP contribution in [0.15, 0.2) is 61.4 Å². The number of H-pyrrole nitrogens is 1. The van der Waals surface area contributed by atoms with Crippen LogP contribution >= 0.6 is 0 Å². The zero-order chi connectivity index (χ0) is 13.4. The Balaban J connectivity index is 1.94. The Kier molecular flexibility index (Phi) is 2.35. The third-order valence-corrected chi connectivity index (χ3v) is 3.23. The van der Waals surface area contributed by atoms with Gasteiger partial charge in [-0.15, -0.1) is 0 Å². The smallest absolute Gasteiger partial charge is 0.138 e. The van der Waals surface area contributed by atoms with Crippen LogP contribution < -0.4 is 0 Å². The Morgan fingerprint density at radius 3 is 2.65 bits per heavy atom. The minimum absolute atomic E-state index is 0.843. The van der Waals surface area contributed by atoms with Gasteiger partial charge in [0, 0.05) is 30.4 Å². The topological polar surface area (TPSA) is 59.4 Å². The second-order valence-electron chi connectivity index (χ2n) is 4.46. The molecule has 20 heavy (non-hydrogen) atoms. The van der Waals surface area contributed by atoms with E-state index in [1.165, 1.54) is 0 Å². The molecule has 4 aromatic rings. The van der Waals surface area contributed by atoms with Gasteiger partial charge in [-0.3, -0.25) is 4.98 Å². The maximum absolute atomic E-state index is 4.71. The van der Waals surface area contributed by atoms with Crippen molar-refractivity contribution in [1.29, 1.82) is 0 Å². The first-order valence-electron chi connectivity index (χ1n) is 6.29. The molecule has 0 fully saturated rings. The highest BCUT2D eigenvalue weighted by Gasteiger charge is 2.09. The van der Waals surface area contributed by atoms with E-state index in [1.807, 2.05) is 41.1 Å². The summed E-state index contributed by atoms with van der Waals surface area (Å²) >= 11 is 0. The van der Waals surface area contributed by atoms with Crippen LogP contribution in [0.2, 0.25) is 0 Å². The van der Waals surface area contributed by atoms with Gasteiger partial charge in [0.1, 0.15) is 11.3 Å². The van der Waals surface area contributed by atoms with E-state index in [0.717, 1.165) is 28.1 Å². The lowest BCUT2D eigenvalue weighted by Gasteiger charge is -2.01. The predicted octanol–water partition coefficient (Wildman–Crippen LogP) is 2.81. The van der Waals surface area contributed by atoms with Crippen LogP contribution in [0.1, 0.15) is 0 Å². The first kappa shape index (κ1) is 10.9. The zero-order valence-electron chi connectivity index (χ0n) is 10.6. The lowest BCUT2D eigenvalue weighted by atomic mass is 10.2. The monoisotopic (exact) mass is 261 g/mol. The number of para-hydroxylation sites is 1. The van der Waals surface area contributed by atoms with Crippen LogP contribution in [0.3, 0.4) is 0 Å². The number of benzene rings is 1. The molecule has 1 N–H and O–H groups in total. The number of nitrogens with one attached hydrogen (secondary N) is 1. The number of imidazole rings is 2. The van der Waals surface area contributed by atoms with Gasteiger partial charge in [-0.2, -0.15) is 0 Å². The van der Waals surface area contributed by atoms with Crippen LogP contribution in [0.5, 0.6) is 0 Å². The van der Waals surface area contributed by atoms with Gasteiger partial charge < -0.3 is 9.55 Å². The van der Waals surface area contributed by atoms with E-state index in [2.05, 4.69) is 15.0 Å². The van der Waals surface area contributed by atoms with Gasteiger partial charge in [0.25, 0.3) is 0 Å². The molecule has 5 heteroatoms. The molecule has 0 unspecified atom stereocenters. The third kappa shape index (κ3) is 1.68. The molecule has 0 aliphatic heterocycles. The molecule has 3 heterocycles. The highest BCUT2D eigenvalue weighted by Crippen LogP contribution is 2.24. The van der Waals surface area contributed by atoms with E-state index in [-0.39, 0.29) is 0 Å². The van der Waals surface area contributed by atoms with Crippen LogP contribution in [0, 0.1) is 0 Å². The van der Waals surface area contributed by atoms with E-state index >= 15 is 0 Å². The van der Waals surface area contributed by atoms with E-state index in [9.17, 15) is 0 Å². The number of aromatic nitrogens is 5. The summed E-state index contributed by atoms with van der Waals surface area (Å²) in [6.45, 7) is 0. The van der Waals surface area contributed by atoms with Crippen molar-refractivity contribution in [3.05, 3.63) is 61.4 Å². The molecular formula is C15H11N5. The van der Waals surface area contributed by atoms with Gasteiger partial charge >= 0.3 is 0 Å². The number of pyridine rings is 1. The predicted molar refractivity (Wildman–Crippen MR) is 76.4 cm³/mol. The Bertz CT molecular complexity index is 847. The van der Waals surface area contributed by atoms with Gasteiger partial charge in [0.15, 0.2) is 0 Å². The van der Waals surface area contributed by atoms with Gasteiger partial charge in [-0.05, 0) is 24.3 Å². The van der Waals surface area contributed by atoms with Crippen molar-refractivity contribution in [2.24, 2.45) is 0 Å². The summed E-state index contributed by atoms with van der Waals surface area (Å²) in [6, 6.07) is 9.93. The average molecular weight is 261 g/mol. The molecule has 4 rings (SSSR count). The summed E-state index contributed by atoms with van der Waals surface area (Å²) in [7, 11) is 0. The Hall–Kier alpha value is -2.95. The molecule has 96 valence electrons. The standard InChI is InChI=1S/C15H11N5/c1-2-12-14(13(3-1)20-9-8-17-10-20)19-15(18-12)11-4-6-16-7-5-11/h1-10H,(H,18,19). The molecule has 0 aliphatic rings. The SMILES string of the molecule is c1cc(-n2ccnc2)c2nc(-c3ccncc3)[nH]c2c1. The highest BCUT2D eigenvalue weighted by molar-refractivity contribution is 5.86. The van der Waals surface area contributed by atoms with Crippen molar-refractivity contribution in [3.8, 4) is 17.1 Å². The van der Waals surface area contributed by atoms with Crippen molar-refractivity contribution < 1.29 is 0 Å². The molecule has 3 aromatic heterocycles. The molecule has 0 atom stereocenters. The summed E-state index contributed by atoms with van der Waals surface area (Å²) in [4.78, 5) is 16.2. The molecule has 0 saturated heterocycles. The Labute approximate surface area is 115 Å². The molecule has 0 aliphatic carbocycles. The fourth-order valence-electron chi connectivity index (χ4n) is 2.27. The lowest BCUT2D eigenvalue weighted by Crippen LogP contribution is -1.90. The first-order chi connectivity index (χ1) is 9.92. The molecule has 0 saturated carbocycles. The summed E-state index contributed by atoms with van der Waals surface area (Å²) in [5.74, 6) is 0.843. The molecular weight excluding hydrogens is 250 g/mol. The second-order valence-corrected chi connectivity index (χ2v) is 4.46. The van der Waals surface area contributed by atoms with Crippen molar-refractivity contribution in [2.75, 3.05) is 0 Å². The lowest BCUT2D eigenvalue weighted by molar-refractivity contribution is 1.06. The molecule has 0 radical (unpaired) electrons. The van der Waals surface area contributed by atoms with Gasteiger partial charge in [0.2, 0.25) is 0 Å². The fraction of sp³-hybridized carbons (Fsp3) is 0. The Morgan fingerprint density at radius 1 is 0.950 bits per heavy atom. The van der Waals surface area contributed by atoms with Crippen molar-refractivity contribution in [3.63, 3.8) is 0 Å². The van der Waals surface area contributed by atoms with Crippen LogP contribution in [0.25, 0.3) is 28.1 Å². The average Bonchev–Trinajstić information content (AvgIpc) is 3.17. The summed E-state index contributed by atoms with van der Waals surface area (Å²) in [5, 5.41) is 0. The molecule has 0 bridgehead atoms. The zero-order valence-corrected chi connectivity index (χ0v) is 10.6. The molecule has 0 amide bonds. The second kappa shape index (κ2) is 4.31.